The molecule has 12 heteroatoms. The number of carbonyl (C=O) groups excluding carboxylic acids is 4. The summed E-state index contributed by atoms with van der Waals surface area (Å²) in [5.74, 6) is -1.92. The summed E-state index contributed by atoms with van der Waals surface area (Å²) in [5, 5.41) is 1.15. The Bertz CT molecular complexity index is 1770. The molecule has 0 radical (unpaired) electrons. The lowest BCUT2D eigenvalue weighted by atomic mass is 9.89. The summed E-state index contributed by atoms with van der Waals surface area (Å²) in [6, 6.07) is 6.86. The molecule has 3 saturated carbocycles. The number of ether oxygens (including phenoxy) is 2. The lowest BCUT2D eigenvalue weighted by Crippen LogP contribution is -2.48. The van der Waals surface area contributed by atoms with Crippen molar-refractivity contribution in [3.63, 3.8) is 0 Å². The van der Waals surface area contributed by atoms with E-state index >= 15 is 0 Å². The van der Waals surface area contributed by atoms with Gasteiger partial charge < -0.3 is 14.4 Å². The standard InChI is InChI=1S/C38H49N3O8S/c1-5-27-20-38(27,37(45)40-50(46,47)30-11-12-30)21-34(43)33-19-29(49-35-31-13-10-23(2)16-26(31)14-15-39-35)22-41(33)36(44)32(24(3)48-4)18-28(42)17-25-8-6-7-9-25/h5,10,13-16,24-25,27,29-30,32-33H,1,6-9,11-12,17-22H2,2-4H3,(H,40,45)/t24-,27+,29+,32-,33-,38+/m0/s1. The summed E-state index contributed by atoms with van der Waals surface area (Å²) in [6.07, 6.45) is 7.88. The first-order valence-electron chi connectivity index (χ1n) is 17.9. The third-order valence-corrected chi connectivity index (χ3v) is 13.2. The van der Waals surface area contributed by atoms with Crippen molar-refractivity contribution >= 4 is 44.2 Å². The molecule has 1 aromatic carbocycles. The fourth-order valence-electron chi connectivity index (χ4n) is 7.96. The van der Waals surface area contributed by atoms with Crippen LogP contribution in [0.1, 0.15) is 83.1 Å². The zero-order valence-electron chi connectivity index (χ0n) is 29.3. The molecule has 2 heterocycles. The van der Waals surface area contributed by atoms with Gasteiger partial charge in [0.15, 0.2) is 5.78 Å². The first kappa shape index (κ1) is 36.2. The summed E-state index contributed by atoms with van der Waals surface area (Å²) in [5.41, 5.74) is -0.181. The van der Waals surface area contributed by atoms with Gasteiger partial charge in [-0.2, -0.15) is 0 Å². The molecule has 2 aromatic rings. The monoisotopic (exact) mass is 707 g/mol. The van der Waals surface area contributed by atoms with E-state index in [-0.39, 0.29) is 55.6 Å². The van der Waals surface area contributed by atoms with E-state index < -0.39 is 50.8 Å². The second-order valence-electron chi connectivity index (χ2n) is 15.0. The number of hydrogen-bond donors (Lipinski definition) is 1. The van der Waals surface area contributed by atoms with Gasteiger partial charge in [-0.25, -0.2) is 13.4 Å². The third kappa shape index (κ3) is 7.66. The number of aromatic nitrogens is 1. The second kappa shape index (κ2) is 14.5. The molecule has 6 rings (SSSR count). The molecule has 1 aliphatic heterocycles. The van der Waals surface area contributed by atoms with Crippen LogP contribution in [0.4, 0.5) is 0 Å². The highest BCUT2D eigenvalue weighted by Gasteiger charge is 2.61. The molecule has 1 aromatic heterocycles. The first-order valence-corrected chi connectivity index (χ1v) is 19.5. The van der Waals surface area contributed by atoms with Gasteiger partial charge in [0.25, 0.3) is 0 Å². The number of hydrogen-bond acceptors (Lipinski definition) is 9. The zero-order valence-corrected chi connectivity index (χ0v) is 30.1. The van der Waals surface area contributed by atoms with E-state index in [9.17, 15) is 27.6 Å². The number of allylic oxidation sites excluding steroid dienone is 1. The van der Waals surface area contributed by atoms with E-state index in [1.54, 1.807) is 19.2 Å². The Morgan fingerprint density at radius 1 is 1.14 bits per heavy atom. The van der Waals surface area contributed by atoms with E-state index in [0.717, 1.165) is 42.0 Å². The number of Topliss-reactive ketones (excluding diaryl/α,β-unsaturated/α-hetero) is 2. The Hall–Kier alpha value is -3.64. The Morgan fingerprint density at radius 2 is 1.88 bits per heavy atom. The number of fused-ring (bicyclic) bond motifs is 1. The van der Waals surface area contributed by atoms with Crippen molar-refractivity contribution in [2.24, 2.45) is 23.2 Å². The minimum absolute atomic E-state index is 0.00140. The van der Waals surface area contributed by atoms with Crippen molar-refractivity contribution in [3.8, 4) is 5.88 Å². The van der Waals surface area contributed by atoms with Crippen LogP contribution in [0.2, 0.25) is 0 Å². The molecule has 4 fully saturated rings. The number of aryl methyl sites for hydroxylation is 1. The van der Waals surface area contributed by atoms with Gasteiger partial charge in [0.2, 0.25) is 27.7 Å². The lowest BCUT2D eigenvalue weighted by Gasteiger charge is -2.31. The number of likely N-dealkylation sites (tertiary alicyclic amines) is 1. The Kier molecular flexibility index (Phi) is 10.5. The fraction of sp³-hybridized carbons (Fsp3) is 0.605. The van der Waals surface area contributed by atoms with Crippen molar-refractivity contribution in [2.45, 2.75) is 108 Å². The maximum atomic E-state index is 14.5. The van der Waals surface area contributed by atoms with Gasteiger partial charge in [0, 0.05) is 44.4 Å². The lowest BCUT2D eigenvalue weighted by molar-refractivity contribution is -0.147. The highest BCUT2D eigenvalue weighted by Crippen LogP contribution is 2.57. The van der Waals surface area contributed by atoms with E-state index in [4.69, 9.17) is 9.47 Å². The molecule has 0 spiro atoms. The zero-order chi connectivity index (χ0) is 35.8. The Balaban J connectivity index is 1.26. The smallest absolute Gasteiger partial charge is 0.240 e. The highest BCUT2D eigenvalue weighted by atomic mass is 32.2. The van der Waals surface area contributed by atoms with Gasteiger partial charge in [-0.3, -0.25) is 23.9 Å². The quantitative estimate of drug-likeness (QED) is 0.242. The Labute approximate surface area is 294 Å². The molecular weight excluding hydrogens is 658 g/mol. The molecule has 1 N–H and O–H groups in total. The Morgan fingerprint density at radius 3 is 2.54 bits per heavy atom. The second-order valence-corrected chi connectivity index (χ2v) is 16.9. The van der Waals surface area contributed by atoms with E-state index in [1.807, 2.05) is 31.2 Å². The molecule has 1 saturated heterocycles. The van der Waals surface area contributed by atoms with Gasteiger partial charge in [-0.15, -0.1) is 6.58 Å². The number of nitrogens with one attached hydrogen (secondary N) is 1. The minimum Gasteiger partial charge on any atom is -0.472 e. The molecule has 6 atom stereocenters. The van der Waals surface area contributed by atoms with Crippen LogP contribution >= 0.6 is 0 Å². The number of amides is 2. The minimum atomic E-state index is -3.83. The average Bonchev–Trinajstić information content (AvgIpc) is 3.97. The number of rotatable bonds is 16. The van der Waals surface area contributed by atoms with Crippen molar-refractivity contribution in [1.82, 2.24) is 14.6 Å². The number of nitrogens with zero attached hydrogens (tertiary/aromatic N) is 2. The van der Waals surface area contributed by atoms with E-state index in [2.05, 4.69) is 16.3 Å². The molecule has 270 valence electrons. The summed E-state index contributed by atoms with van der Waals surface area (Å²) in [7, 11) is -2.33. The number of benzene rings is 1. The van der Waals surface area contributed by atoms with E-state index in [1.165, 1.54) is 12.0 Å². The van der Waals surface area contributed by atoms with Crippen LogP contribution in [0.15, 0.2) is 43.1 Å². The normalized spacial score (nSPS) is 26.4. The maximum Gasteiger partial charge on any atom is 0.240 e. The molecular formula is C38H49N3O8S. The number of methoxy groups -OCH3 is 1. The SMILES string of the molecule is C=C[C@@H]1C[C@]1(CC(=O)[C@@H]1C[C@@H](Oc2nccc3cc(C)ccc23)CN1C(=O)[C@@H](CC(=O)CC1CCCC1)[C@H](C)OC)C(=O)NS(=O)(=O)C1CC1. The summed E-state index contributed by atoms with van der Waals surface area (Å²) in [6.45, 7) is 7.65. The topological polar surface area (TPSA) is 149 Å². The average molecular weight is 708 g/mol. The fourth-order valence-corrected chi connectivity index (χ4v) is 9.34. The summed E-state index contributed by atoms with van der Waals surface area (Å²) < 4.78 is 39.7. The van der Waals surface area contributed by atoms with Crippen molar-refractivity contribution < 1.29 is 37.1 Å². The maximum absolute atomic E-state index is 14.5. The van der Waals surface area contributed by atoms with Gasteiger partial charge in [-0.1, -0.05) is 49.5 Å². The molecule has 0 bridgehead atoms. The molecule has 2 amide bonds. The van der Waals surface area contributed by atoms with Crippen molar-refractivity contribution in [2.75, 3.05) is 13.7 Å². The van der Waals surface area contributed by atoms with Crippen LogP contribution in [0, 0.1) is 30.1 Å². The number of carbonyl (C=O) groups is 4. The molecule has 50 heavy (non-hydrogen) atoms. The van der Waals surface area contributed by atoms with Crippen LogP contribution in [0.5, 0.6) is 5.88 Å². The largest absolute Gasteiger partial charge is 0.472 e. The molecule has 0 unspecified atom stereocenters. The number of ketones is 2. The van der Waals surface area contributed by atoms with Gasteiger partial charge in [0.05, 0.1) is 35.3 Å². The van der Waals surface area contributed by atoms with Crippen LogP contribution in [-0.2, 0) is 33.9 Å². The van der Waals surface area contributed by atoms with Crippen molar-refractivity contribution in [3.05, 3.63) is 48.7 Å². The number of sulfonamides is 1. The predicted molar refractivity (Wildman–Crippen MR) is 188 cm³/mol. The summed E-state index contributed by atoms with van der Waals surface area (Å²) in [4.78, 5) is 61.6. The molecule has 11 nitrogen and oxygen atoms in total. The predicted octanol–water partition coefficient (Wildman–Crippen LogP) is 4.84. The summed E-state index contributed by atoms with van der Waals surface area (Å²) >= 11 is 0. The van der Waals surface area contributed by atoms with Gasteiger partial charge >= 0.3 is 0 Å². The van der Waals surface area contributed by atoms with Gasteiger partial charge in [-0.05, 0) is 62.5 Å². The molecule has 4 aliphatic rings. The third-order valence-electron chi connectivity index (χ3n) is 11.3. The molecule has 3 aliphatic carbocycles. The van der Waals surface area contributed by atoms with Gasteiger partial charge in [0.1, 0.15) is 11.9 Å². The first-order chi connectivity index (χ1) is 23.8. The van der Waals surface area contributed by atoms with Crippen molar-refractivity contribution in [1.29, 1.82) is 0 Å². The van der Waals surface area contributed by atoms with E-state index in [0.29, 0.717) is 31.1 Å². The highest BCUT2D eigenvalue weighted by molar-refractivity contribution is 7.90. The van der Waals surface area contributed by atoms with Crippen LogP contribution < -0.4 is 9.46 Å². The number of pyridine rings is 1. The van der Waals surface area contributed by atoms with Crippen LogP contribution in [0.25, 0.3) is 10.8 Å². The van der Waals surface area contributed by atoms with Crippen LogP contribution in [0.3, 0.4) is 0 Å². The van der Waals surface area contributed by atoms with Crippen LogP contribution in [-0.4, -0.2) is 78.8 Å².